The van der Waals surface area contributed by atoms with Crippen LogP contribution >= 0.6 is 0 Å². The van der Waals surface area contributed by atoms with Gasteiger partial charge in [-0.3, -0.25) is 14.9 Å². The van der Waals surface area contributed by atoms with Gasteiger partial charge in [0.25, 0.3) is 5.91 Å². The number of hydrogen-bond donors (Lipinski definition) is 1. The number of carbonyl (C=O) groups is 2. The number of anilines is 1. The molecule has 0 atom stereocenters. The first-order valence-electron chi connectivity index (χ1n) is 8.07. The molecule has 0 saturated carbocycles. The predicted octanol–water partition coefficient (Wildman–Crippen LogP) is 2.11. The Morgan fingerprint density at radius 1 is 1.22 bits per heavy atom. The lowest BCUT2D eigenvalue weighted by Crippen LogP contribution is -2.38. The van der Waals surface area contributed by atoms with Gasteiger partial charge in [-0.05, 0) is 11.8 Å². The van der Waals surface area contributed by atoms with Crippen molar-refractivity contribution in [2.24, 2.45) is 16.9 Å². The van der Waals surface area contributed by atoms with E-state index in [-0.39, 0.29) is 11.8 Å². The Hall–Kier alpha value is -2.18. The summed E-state index contributed by atoms with van der Waals surface area (Å²) in [5.41, 5.74) is 0.379. The summed E-state index contributed by atoms with van der Waals surface area (Å²) in [6, 6.07) is 0. The quantitative estimate of drug-likeness (QED) is 0.872. The van der Waals surface area contributed by atoms with E-state index in [2.05, 4.69) is 29.2 Å². The van der Waals surface area contributed by atoms with Crippen LogP contribution in [0, 0.1) is 11.8 Å². The molecule has 0 spiro atoms. The zero-order valence-corrected chi connectivity index (χ0v) is 14.2. The van der Waals surface area contributed by atoms with E-state index >= 15 is 0 Å². The summed E-state index contributed by atoms with van der Waals surface area (Å²) < 4.78 is 1.91. The molecule has 0 aliphatic carbocycles. The zero-order valence-electron chi connectivity index (χ0n) is 14.2. The van der Waals surface area contributed by atoms with E-state index in [0.29, 0.717) is 42.9 Å². The molecule has 0 aromatic carbocycles. The number of nitrogens with zero attached hydrogens (tertiary/aromatic N) is 4. The minimum atomic E-state index is -0.289. The molecule has 2 heterocycles. The van der Waals surface area contributed by atoms with E-state index in [4.69, 9.17) is 0 Å². The van der Waals surface area contributed by atoms with E-state index in [1.54, 1.807) is 6.20 Å². The normalized spacial score (nSPS) is 15.3. The maximum atomic E-state index is 12.4. The van der Waals surface area contributed by atoms with Gasteiger partial charge in [-0.15, -0.1) is 0 Å². The van der Waals surface area contributed by atoms with E-state index < -0.39 is 0 Å². The summed E-state index contributed by atoms with van der Waals surface area (Å²) in [7, 11) is 0. The van der Waals surface area contributed by atoms with Gasteiger partial charge in [-0.2, -0.15) is 5.10 Å². The Balaban J connectivity index is 2.08. The molecule has 1 aromatic rings. The fourth-order valence-corrected chi connectivity index (χ4v) is 2.40. The van der Waals surface area contributed by atoms with Gasteiger partial charge in [-0.1, -0.05) is 27.7 Å². The van der Waals surface area contributed by atoms with Crippen molar-refractivity contribution in [2.45, 2.75) is 47.1 Å². The minimum Gasteiger partial charge on any atom is -0.317 e. The third-order valence-electron chi connectivity index (χ3n) is 3.41. The second-order valence-corrected chi connectivity index (χ2v) is 6.67. The Morgan fingerprint density at radius 3 is 2.57 bits per heavy atom. The summed E-state index contributed by atoms with van der Waals surface area (Å²) >= 11 is 0. The molecule has 126 valence electrons. The highest BCUT2D eigenvalue weighted by atomic mass is 16.2. The van der Waals surface area contributed by atoms with Crippen LogP contribution in [-0.2, 0) is 16.1 Å². The number of aromatic nitrogens is 2. The summed E-state index contributed by atoms with van der Waals surface area (Å²) in [5.74, 6) is 0.943. The smallest absolute Gasteiger partial charge is 0.274 e. The minimum absolute atomic E-state index is 0.0310. The van der Waals surface area contributed by atoms with Crippen LogP contribution in [-0.4, -0.2) is 38.6 Å². The third kappa shape index (κ3) is 4.64. The number of amides is 2. The molecule has 1 aromatic heterocycles. The molecule has 1 N–H and O–H groups in total. The average molecular weight is 319 g/mol. The monoisotopic (exact) mass is 319 g/mol. The molecule has 1 aliphatic rings. The van der Waals surface area contributed by atoms with Crippen molar-refractivity contribution >= 4 is 23.5 Å². The molecule has 0 unspecified atom stereocenters. The molecule has 2 rings (SSSR count). The lowest BCUT2D eigenvalue weighted by molar-refractivity contribution is -0.132. The highest BCUT2D eigenvalue weighted by molar-refractivity contribution is 6.43. The largest absolute Gasteiger partial charge is 0.317 e. The van der Waals surface area contributed by atoms with E-state index in [1.165, 1.54) is 5.01 Å². The molecule has 7 nitrogen and oxygen atoms in total. The fraction of sp³-hybridized carbons (Fsp3) is 0.625. The van der Waals surface area contributed by atoms with Crippen LogP contribution in [0.25, 0.3) is 0 Å². The van der Waals surface area contributed by atoms with Gasteiger partial charge in [0.05, 0.1) is 0 Å². The number of rotatable bonds is 6. The maximum absolute atomic E-state index is 12.4. The molecule has 23 heavy (non-hydrogen) atoms. The number of carbonyl (C=O) groups excluding carboxylic acids is 2. The van der Waals surface area contributed by atoms with Crippen LogP contribution in [0.4, 0.5) is 5.95 Å². The van der Waals surface area contributed by atoms with Gasteiger partial charge >= 0.3 is 0 Å². The predicted molar refractivity (Wildman–Crippen MR) is 88.9 cm³/mol. The van der Waals surface area contributed by atoms with Gasteiger partial charge in [0.1, 0.15) is 5.71 Å². The second kappa shape index (κ2) is 7.39. The van der Waals surface area contributed by atoms with Crippen LogP contribution in [0.3, 0.4) is 0 Å². The second-order valence-electron chi connectivity index (χ2n) is 6.67. The van der Waals surface area contributed by atoms with E-state index in [9.17, 15) is 9.59 Å². The summed E-state index contributed by atoms with van der Waals surface area (Å²) in [6.45, 7) is 9.54. The van der Waals surface area contributed by atoms with Crippen molar-refractivity contribution < 1.29 is 9.59 Å². The summed E-state index contributed by atoms with van der Waals surface area (Å²) in [4.78, 5) is 28.5. The molecule has 0 radical (unpaired) electrons. The molecular formula is C16H25N5O2. The zero-order chi connectivity index (χ0) is 17.0. The van der Waals surface area contributed by atoms with Crippen molar-refractivity contribution in [2.75, 3.05) is 11.9 Å². The van der Waals surface area contributed by atoms with Gasteiger partial charge in [-0.25, -0.2) is 9.99 Å². The first-order valence-corrected chi connectivity index (χ1v) is 8.07. The highest BCUT2D eigenvalue weighted by Crippen LogP contribution is 2.14. The highest BCUT2D eigenvalue weighted by Gasteiger charge is 2.25. The van der Waals surface area contributed by atoms with Gasteiger partial charge in [0.15, 0.2) is 0 Å². The summed E-state index contributed by atoms with van der Waals surface area (Å²) in [6.07, 6.45) is 4.19. The van der Waals surface area contributed by atoms with Gasteiger partial charge < -0.3 is 4.57 Å². The number of nitrogens with one attached hydrogen (secondary N) is 1. The van der Waals surface area contributed by atoms with Crippen molar-refractivity contribution in [3.05, 3.63) is 12.4 Å². The summed E-state index contributed by atoms with van der Waals surface area (Å²) in [5, 5.41) is 8.43. The van der Waals surface area contributed by atoms with Crippen molar-refractivity contribution in [3.8, 4) is 0 Å². The van der Waals surface area contributed by atoms with Crippen LogP contribution in [0.1, 0.15) is 40.5 Å². The number of hydrazone groups is 1. The molecular weight excluding hydrogens is 294 g/mol. The van der Waals surface area contributed by atoms with Crippen LogP contribution in [0.5, 0.6) is 0 Å². The maximum Gasteiger partial charge on any atom is 0.274 e. The Kier molecular flexibility index (Phi) is 5.52. The van der Waals surface area contributed by atoms with Crippen molar-refractivity contribution in [1.82, 2.24) is 14.6 Å². The SMILES string of the molecule is CC(C)CN1N=C(C(=O)Nc2nccn2CC(C)C)CCC1=O. The van der Waals surface area contributed by atoms with Crippen molar-refractivity contribution in [3.63, 3.8) is 0 Å². The average Bonchev–Trinajstić information content (AvgIpc) is 2.87. The van der Waals surface area contributed by atoms with Gasteiger partial charge in [0.2, 0.25) is 11.9 Å². The topological polar surface area (TPSA) is 79.6 Å². The molecule has 0 fully saturated rings. The van der Waals surface area contributed by atoms with Crippen LogP contribution < -0.4 is 5.32 Å². The standard InChI is InChI=1S/C16H25N5O2/c1-11(2)9-20-8-7-17-16(20)18-15(23)13-5-6-14(22)21(19-13)10-12(3)4/h7-8,11-12H,5-6,9-10H2,1-4H3,(H,17,18,23). The third-order valence-corrected chi connectivity index (χ3v) is 3.41. The first kappa shape index (κ1) is 17.2. The Bertz CT molecular complexity index is 603. The molecule has 0 bridgehead atoms. The van der Waals surface area contributed by atoms with Crippen LogP contribution in [0.15, 0.2) is 17.5 Å². The molecule has 0 saturated heterocycles. The number of imidazole rings is 1. The Labute approximate surface area is 136 Å². The van der Waals surface area contributed by atoms with Gasteiger partial charge in [0, 0.05) is 38.3 Å². The first-order chi connectivity index (χ1) is 10.9. The molecule has 7 heteroatoms. The van der Waals surface area contributed by atoms with E-state index in [1.807, 2.05) is 24.6 Å². The Morgan fingerprint density at radius 2 is 1.91 bits per heavy atom. The van der Waals surface area contributed by atoms with Crippen molar-refractivity contribution in [1.29, 1.82) is 0 Å². The van der Waals surface area contributed by atoms with Crippen LogP contribution in [0.2, 0.25) is 0 Å². The lowest BCUT2D eigenvalue weighted by Gasteiger charge is -2.24. The fourth-order valence-electron chi connectivity index (χ4n) is 2.40. The van der Waals surface area contributed by atoms with E-state index in [0.717, 1.165) is 6.54 Å². The molecule has 1 aliphatic heterocycles. The molecule has 2 amide bonds. The lowest BCUT2D eigenvalue weighted by atomic mass is 10.1. The number of hydrogen-bond acceptors (Lipinski definition) is 4.